The van der Waals surface area contributed by atoms with Crippen molar-refractivity contribution in [3.63, 3.8) is 0 Å². The molecule has 0 bridgehead atoms. The van der Waals surface area contributed by atoms with E-state index in [1.165, 1.54) is 19.3 Å². The number of rotatable bonds is 9. The molecule has 0 aromatic heterocycles. The number of carbonyl (C=O) groups is 1. The van der Waals surface area contributed by atoms with Gasteiger partial charge in [-0.05, 0) is 36.6 Å². The number of fused-ring (bicyclic) bond motifs is 1. The van der Waals surface area contributed by atoms with E-state index in [1.54, 1.807) is 0 Å². The van der Waals surface area contributed by atoms with Crippen molar-refractivity contribution in [3.8, 4) is 5.75 Å². The summed E-state index contributed by atoms with van der Waals surface area (Å²) < 4.78 is 5.72. The summed E-state index contributed by atoms with van der Waals surface area (Å²) in [5.74, 6) is 1.36. The Balaban J connectivity index is 1.65. The monoisotopic (exact) mass is 332 g/mol. The highest BCUT2D eigenvalue weighted by molar-refractivity contribution is 5.94. The fourth-order valence-corrected chi connectivity index (χ4v) is 2.59. The zero-order chi connectivity index (χ0) is 17.2. The number of hydrogen-bond acceptors (Lipinski definition) is 3. The SMILES string of the molecule is CCCCCCN=C(N)NCCOc1ccc2c(c1)CCC(=O)N2. The Morgan fingerprint density at radius 2 is 2.21 bits per heavy atom. The van der Waals surface area contributed by atoms with Gasteiger partial charge in [-0.15, -0.1) is 0 Å². The Kier molecular flexibility index (Phi) is 7.39. The summed E-state index contributed by atoms with van der Waals surface area (Å²) in [7, 11) is 0. The molecule has 0 radical (unpaired) electrons. The van der Waals surface area contributed by atoms with Crippen molar-refractivity contribution in [1.29, 1.82) is 0 Å². The molecule has 0 saturated carbocycles. The molecule has 0 aliphatic carbocycles. The van der Waals surface area contributed by atoms with Gasteiger partial charge in [0.05, 0.1) is 6.54 Å². The van der Waals surface area contributed by atoms with Crippen molar-refractivity contribution < 1.29 is 9.53 Å². The van der Waals surface area contributed by atoms with Crippen molar-refractivity contribution in [2.75, 3.05) is 25.0 Å². The van der Waals surface area contributed by atoms with Crippen LogP contribution in [0.25, 0.3) is 0 Å². The molecule has 0 unspecified atom stereocenters. The maximum atomic E-state index is 11.3. The van der Waals surface area contributed by atoms with Gasteiger partial charge in [0.2, 0.25) is 5.91 Å². The molecule has 0 fully saturated rings. The standard InChI is InChI=1S/C18H28N4O2/c1-2-3-4-5-10-20-18(19)21-11-12-24-15-7-8-16-14(13-15)6-9-17(23)22-16/h7-8,13H,2-6,9-12H2,1H3,(H,22,23)(H3,19,20,21). The molecule has 24 heavy (non-hydrogen) atoms. The summed E-state index contributed by atoms with van der Waals surface area (Å²) >= 11 is 0. The Morgan fingerprint density at radius 3 is 3.04 bits per heavy atom. The highest BCUT2D eigenvalue weighted by Gasteiger charge is 2.14. The first kappa shape index (κ1) is 18.1. The van der Waals surface area contributed by atoms with Crippen LogP contribution < -0.4 is 21.1 Å². The molecule has 4 N–H and O–H groups in total. The second-order valence-electron chi connectivity index (χ2n) is 5.97. The number of aryl methyl sites for hydroxylation is 1. The molecule has 6 nitrogen and oxygen atoms in total. The number of guanidine groups is 1. The summed E-state index contributed by atoms with van der Waals surface area (Å²) in [5.41, 5.74) is 7.82. The van der Waals surface area contributed by atoms with Gasteiger partial charge in [0.25, 0.3) is 0 Å². The first-order valence-corrected chi connectivity index (χ1v) is 8.78. The Labute approximate surface area is 143 Å². The van der Waals surface area contributed by atoms with Gasteiger partial charge in [-0.25, -0.2) is 0 Å². The quantitative estimate of drug-likeness (QED) is 0.368. The zero-order valence-corrected chi connectivity index (χ0v) is 14.4. The lowest BCUT2D eigenvalue weighted by atomic mass is 10.0. The highest BCUT2D eigenvalue weighted by atomic mass is 16.5. The lowest BCUT2D eigenvalue weighted by Gasteiger charge is -2.17. The first-order valence-electron chi connectivity index (χ1n) is 8.78. The van der Waals surface area contributed by atoms with Crippen LogP contribution in [0.5, 0.6) is 5.75 Å². The number of amides is 1. The van der Waals surface area contributed by atoms with Gasteiger partial charge < -0.3 is 21.1 Å². The summed E-state index contributed by atoms with van der Waals surface area (Å²) in [6.45, 7) is 4.09. The number of aliphatic imine (C=N–C) groups is 1. The molecule has 0 spiro atoms. The minimum absolute atomic E-state index is 0.0739. The van der Waals surface area contributed by atoms with E-state index in [-0.39, 0.29) is 5.91 Å². The number of carbonyl (C=O) groups excluding carboxylic acids is 1. The van der Waals surface area contributed by atoms with Gasteiger partial charge in [0, 0.05) is 18.7 Å². The Bertz CT molecular complexity index is 572. The van der Waals surface area contributed by atoms with Gasteiger partial charge in [-0.2, -0.15) is 0 Å². The van der Waals surface area contributed by atoms with Crippen LogP contribution in [0.4, 0.5) is 5.69 Å². The smallest absolute Gasteiger partial charge is 0.224 e. The van der Waals surface area contributed by atoms with Crippen molar-refractivity contribution in [2.45, 2.75) is 45.4 Å². The predicted octanol–water partition coefficient (Wildman–Crippen LogP) is 2.43. The molecular formula is C18H28N4O2. The van der Waals surface area contributed by atoms with E-state index in [0.29, 0.717) is 25.5 Å². The average Bonchev–Trinajstić information content (AvgIpc) is 2.58. The van der Waals surface area contributed by atoms with Crippen LogP contribution >= 0.6 is 0 Å². The maximum absolute atomic E-state index is 11.3. The number of ether oxygens (including phenoxy) is 1. The second-order valence-corrected chi connectivity index (χ2v) is 5.97. The van der Waals surface area contributed by atoms with Crippen molar-refractivity contribution >= 4 is 17.6 Å². The number of nitrogens with two attached hydrogens (primary N) is 1. The topological polar surface area (TPSA) is 88.7 Å². The third-order valence-electron chi connectivity index (χ3n) is 3.94. The summed E-state index contributed by atoms with van der Waals surface area (Å²) in [6.07, 6.45) is 6.05. The second kappa shape index (κ2) is 9.80. The van der Waals surface area contributed by atoms with Gasteiger partial charge in [0.15, 0.2) is 5.96 Å². The molecule has 0 atom stereocenters. The highest BCUT2D eigenvalue weighted by Crippen LogP contribution is 2.26. The Hall–Kier alpha value is -2.24. The minimum atomic E-state index is 0.0739. The lowest BCUT2D eigenvalue weighted by Crippen LogP contribution is -2.34. The number of benzene rings is 1. The summed E-state index contributed by atoms with van der Waals surface area (Å²) in [4.78, 5) is 15.6. The zero-order valence-electron chi connectivity index (χ0n) is 14.4. The third kappa shape index (κ3) is 6.10. The lowest BCUT2D eigenvalue weighted by molar-refractivity contribution is -0.116. The van der Waals surface area contributed by atoms with Gasteiger partial charge in [0.1, 0.15) is 12.4 Å². The number of unbranched alkanes of at least 4 members (excludes halogenated alkanes) is 3. The van der Waals surface area contributed by atoms with Crippen molar-refractivity contribution in [2.24, 2.45) is 10.7 Å². The number of hydrogen-bond donors (Lipinski definition) is 3. The van der Waals surface area contributed by atoms with Crippen LogP contribution in [0.2, 0.25) is 0 Å². The van der Waals surface area contributed by atoms with Crippen LogP contribution in [-0.4, -0.2) is 31.6 Å². The van der Waals surface area contributed by atoms with E-state index in [9.17, 15) is 4.79 Å². The molecule has 0 saturated heterocycles. The summed E-state index contributed by atoms with van der Waals surface area (Å²) in [6, 6.07) is 5.75. The molecule has 1 aliphatic heterocycles. The van der Waals surface area contributed by atoms with Crippen LogP contribution in [-0.2, 0) is 11.2 Å². The van der Waals surface area contributed by atoms with Gasteiger partial charge >= 0.3 is 0 Å². The average molecular weight is 332 g/mol. The van der Waals surface area contributed by atoms with Gasteiger partial charge in [-0.3, -0.25) is 9.79 Å². The van der Waals surface area contributed by atoms with Crippen LogP contribution in [0.3, 0.4) is 0 Å². The number of anilines is 1. The van der Waals surface area contributed by atoms with E-state index in [4.69, 9.17) is 10.5 Å². The third-order valence-corrected chi connectivity index (χ3v) is 3.94. The number of nitrogens with zero attached hydrogens (tertiary/aromatic N) is 1. The fourth-order valence-electron chi connectivity index (χ4n) is 2.59. The Morgan fingerprint density at radius 1 is 1.33 bits per heavy atom. The fraction of sp³-hybridized carbons (Fsp3) is 0.556. The predicted molar refractivity (Wildman–Crippen MR) is 97.5 cm³/mol. The summed E-state index contributed by atoms with van der Waals surface area (Å²) in [5, 5.41) is 5.92. The largest absolute Gasteiger partial charge is 0.492 e. The molecule has 1 aliphatic rings. The minimum Gasteiger partial charge on any atom is -0.492 e. The molecule has 1 aromatic carbocycles. The van der Waals surface area contributed by atoms with Crippen LogP contribution in [0, 0.1) is 0 Å². The van der Waals surface area contributed by atoms with Gasteiger partial charge in [-0.1, -0.05) is 26.2 Å². The normalized spacial score (nSPS) is 14.0. The van der Waals surface area contributed by atoms with Crippen LogP contribution in [0.1, 0.15) is 44.6 Å². The molecular weight excluding hydrogens is 304 g/mol. The maximum Gasteiger partial charge on any atom is 0.224 e. The van der Waals surface area contributed by atoms with Crippen LogP contribution in [0.15, 0.2) is 23.2 Å². The van der Waals surface area contributed by atoms with E-state index < -0.39 is 0 Å². The van der Waals surface area contributed by atoms with E-state index >= 15 is 0 Å². The van der Waals surface area contributed by atoms with Crippen molar-refractivity contribution in [3.05, 3.63) is 23.8 Å². The molecule has 132 valence electrons. The molecule has 1 amide bonds. The van der Waals surface area contributed by atoms with E-state index in [2.05, 4.69) is 22.5 Å². The van der Waals surface area contributed by atoms with E-state index in [1.807, 2.05) is 18.2 Å². The molecule has 1 heterocycles. The van der Waals surface area contributed by atoms with E-state index in [0.717, 1.165) is 36.4 Å². The molecule has 1 aromatic rings. The number of nitrogens with one attached hydrogen (secondary N) is 2. The van der Waals surface area contributed by atoms with Crippen molar-refractivity contribution in [1.82, 2.24) is 5.32 Å². The molecule has 2 rings (SSSR count). The first-order chi connectivity index (χ1) is 11.7. The molecule has 6 heteroatoms.